The Labute approximate surface area is 202 Å². The van der Waals surface area contributed by atoms with Crippen molar-refractivity contribution < 1.29 is 17.7 Å². The van der Waals surface area contributed by atoms with Crippen molar-refractivity contribution in [2.45, 2.75) is 55.9 Å². The van der Waals surface area contributed by atoms with Crippen LogP contribution in [0, 0.1) is 5.41 Å². The van der Waals surface area contributed by atoms with Gasteiger partial charge in [-0.2, -0.15) is 0 Å². The summed E-state index contributed by atoms with van der Waals surface area (Å²) in [6.07, 6.45) is 5.87. The summed E-state index contributed by atoms with van der Waals surface area (Å²) in [5.74, 6) is 0. The van der Waals surface area contributed by atoms with E-state index in [4.69, 9.17) is 4.74 Å². The maximum atomic E-state index is 13.3. The number of rotatable bonds is 6. The molecule has 3 fully saturated rings. The third kappa shape index (κ3) is 4.04. The number of alkyl halides is 2. The van der Waals surface area contributed by atoms with E-state index in [-0.39, 0.29) is 16.0 Å². The lowest BCUT2D eigenvalue weighted by atomic mass is 9.78. The van der Waals surface area contributed by atoms with Crippen molar-refractivity contribution in [3.8, 4) is 10.7 Å². The predicted octanol–water partition coefficient (Wildman–Crippen LogP) is 3.96. The Hall–Kier alpha value is -2.02. The van der Waals surface area contributed by atoms with Crippen LogP contribution in [0.1, 0.15) is 50.5 Å². The molecule has 3 aromatic rings. The maximum Gasteiger partial charge on any atom is 0.291 e. The average molecular weight is 509 g/mol. The molecule has 5 heterocycles. The second kappa shape index (κ2) is 8.28. The Kier molecular flexibility index (Phi) is 5.47. The standard InChI is InChI=1S/C22H26F2N6O2S2/c1-21(2-3-21)28-34(31)14-10-15(29-7-4-22(5-8-29)6-9-32-13-22)18-25-11-16(30(18)12-14)19-26-27-20(33-19)17(23)24/h10-12,17,28H,2-9,13H2,1H3. The SMILES string of the molecule is CC1(NS(=O)c2cc(N3CCC4(CCOC4)CC3)c3ncc(-c4nnc(C(F)F)s4)n3c2)CC1. The smallest absolute Gasteiger partial charge is 0.291 e. The quantitative estimate of drug-likeness (QED) is 0.543. The van der Waals surface area contributed by atoms with Crippen molar-refractivity contribution in [3.63, 3.8) is 0 Å². The van der Waals surface area contributed by atoms with Crippen LogP contribution in [-0.4, -0.2) is 55.6 Å². The molecule has 1 unspecified atom stereocenters. The van der Waals surface area contributed by atoms with E-state index in [2.05, 4.69) is 31.7 Å². The molecule has 1 saturated carbocycles. The Morgan fingerprint density at radius 2 is 2.00 bits per heavy atom. The molecule has 1 aliphatic carbocycles. The topological polar surface area (TPSA) is 84.7 Å². The maximum absolute atomic E-state index is 13.3. The molecular weight excluding hydrogens is 482 g/mol. The lowest BCUT2D eigenvalue weighted by Crippen LogP contribution is -2.40. The summed E-state index contributed by atoms with van der Waals surface area (Å²) in [6.45, 7) is 5.43. The zero-order valence-electron chi connectivity index (χ0n) is 18.8. The molecular formula is C22H26F2N6O2S2. The number of ether oxygens (including phenoxy) is 1. The highest BCUT2D eigenvalue weighted by atomic mass is 32.2. The molecule has 3 aromatic heterocycles. The largest absolute Gasteiger partial charge is 0.381 e. The van der Waals surface area contributed by atoms with E-state index < -0.39 is 17.4 Å². The number of hydrogen-bond acceptors (Lipinski definition) is 7. The van der Waals surface area contributed by atoms with Crippen LogP contribution in [0.15, 0.2) is 23.4 Å². The van der Waals surface area contributed by atoms with E-state index in [9.17, 15) is 13.0 Å². The van der Waals surface area contributed by atoms with Crippen LogP contribution in [0.3, 0.4) is 0 Å². The van der Waals surface area contributed by atoms with E-state index in [0.717, 1.165) is 75.4 Å². The lowest BCUT2D eigenvalue weighted by Gasteiger charge is -2.39. The molecule has 34 heavy (non-hydrogen) atoms. The fraction of sp³-hybridized carbons (Fsp3) is 0.591. The Morgan fingerprint density at radius 1 is 1.21 bits per heavy atom. The van der Waals surface area contributed by atoms with Gasteiger partial charge in [0.25, 0.3) is 6.43 Å². The van der Waals surface area contributed by atoms with Crippen LogP contribution in [0.5, 0.6) is 0 Å². The number of hydrogen-bond donors (Lipinski definition) is 1. The number of fused-ring (bicyclic) bond motifs is 1. The number of piperidine rings is 1. The van der Waals surface area contributed by atoms with E-state index in [0.29, 0.717) is 21.2 Å². The summed E-state index contributed by atoms with van der Waals surface area (Å²) in [6, 6.07) is 1.95. The van der Waals surface area contributed by atoms with Gasteiger partial charge < -0.3 is 9.64 Å². The van der Waals surface area contributed by atoms with Gasteiger partial charge in [-0.15, -0.1) is 10.2 Å². The van der Waals surface area contributed by atoms with E-state index in [1.165, 1.54) is 0 Å². The zero-order valence-corrected chi connectivity index (χ0v) is 20.4. The van der Waals surface area contributed by atoms with E-state index in [1.807, 2.05) is 10.5 Å². The Balaban J connectivity index is 1.40. The molecule has 1 N–H and O–H groups in total. The van der Waals surface area contributed by atoms with E-state index >= 15 is 0 Å². The first-order valence-corrected chi connectivity index (χ1v) is 13.5. The first kappa shape index (κ1) is 22.4. The molecule has 12 heteroatoms. The highest BCUT2D eigenvalue weighted by Crippen LogP contribution is 2.42. The van der Waals surface area contributed by atoms with Crippen LogP contribution >= 0.6 is 11.3 Å². The van der Waals surface area contributed by atoms with Crippen molar-refractivity contribution >= 4 is 33.7 Å². The summed E-state index contributed by atoms with van der Waals surface area (Å²) in [7, 11) is -1.42. The van der Waals surface area contributed by atoms with Crippen LogP contribution < -0.4 is 9.62 Å². The molecule has 0 radical (unpaired) electrons. The molecule has 1 spiro atoms. The first-order valence-electron chi connectivity index (χ1n) is 11.5. The monoisotopic (exact) mass is 508 g/mol. The Bertz CT molecular complexity index is 1240. The van der Waals surface area contributed by atoms with Crippen molar-refractivity contribution in [2.75, 3.05) is 31.2 Å². The van der Waals surface area contributed by atoms with Gasteiger partial charge >= 0.3 is 0 Å². The minimum atomic E-state index is -2.67. The van der Waals surface area contributed by atoms with Crippen molar-refractivity contribution in [3.05, 3.63) is 23.5 Å². The summed E-state index contributed by atoms with van der Waals surface area (Å²) in [5.41, 5.74) is 2.31. The molecule has 6 rings (SSSR count). The van der Waals surface area contributed by atoms with Gasteiger partial charge in [0.1, 0.15) is 16.7 Å². The van der Waals surface area contributed by atoms with Crippen molar-refractivity contribution in [2.24, 2.45) is 5.41 Å². The van der Waals surface area contributed by atoms with Crippen LogP contribution in [0.25, 0.3) is 16.3 Å². The molecule has 0 amide bonds. The minimum Gasteiger partial charge on any atom is -0.381 e. The number of aromatic nitrogens is 4. The van der Waals surface area contributed by atoms with Crippen molar-refractivity contribution in [1.29, 1.82) is 0 Å². The Morgan fingerprint density at radius 3 is 2.65 bits per heavy atom. The zero-order chi connectivity index (χ0) is 23.5. The minimum absolute atomic E-state index is 0.108. The molecule has 8 nitrogen and oxygen atoms in total. The van der Waals surface area contributed by atoms with Crippen LogP contribution in [0.2, 0.25) is 0 Å². The second-order valence-electron chi connectivity index (χ2n) is 9.87. The number of halogens is 2. The number of imidazole rings is 1. The van der Waals surface area contributed by atoms with Crippen LogP contribution in [0.4, 0.5) is 14.5 Å². The summed E-state index contributed by atoms with van der Waals surface area (Å²) in [4.78, 5) is 7.54. The van der Waals surface area contributed by atoms with Gasteiger partial charge in [0, 0.05) is 31.4 Å². The lowest BCUT2D eigenvalue weighted by molar-refractivity contribution is 0.134. The highest BCUT2D eigenvalue weighted by molar-refractivity contribution is 7.83. The van der Waals surface area contributed by atoms with Gasteiger partial charge in [0.05, 0.1) is 23.4 Å². The number of nitrogens with zero attached hydrogens (tertiary/aromatic N) is 5. The van der Waals surface area contributed by atoms with E-state index in [1.54, 1.807) is 12.4 Å². The third-order valence-corrected chi connectivity index (χ3v) is 9.59. The molecule has 3 aliphatic rings. The molecule has 0 aromatic carbocycles. The molecule has 2 aliphatic heterocycles. The average Bonchev–Trinajstić information content (AvgIpc) is 3.26. The van der Waals surface area contributed by atoms with Crippen LogP contribution in [-0.2, 0) is 15.7 Å². The van der Waals surface area contributed by atoms with Gasteiger partial charge in [-0.25, -0.2) is 22.7 Å². The molecule has 182 valence electrons. The summed E-state index contributed by atoms with van der Waals surface area (Å²) >= 11 is 0.850. The first-order chi connectivity index (χ1) is 16.3. The normalized spacial score (nSPS) is 22.2. The molecule has 2 saturated heterocycles. The van der Waals surface area contributed by atoms with Gasteiger partial charge in [0.15, 0.2) is 15.7 Å². The molecule has 1 atom stereocenters. The fourth-order valence-electron chi connectivity index (χ4n) is 4.80. The highest BCUT2D eigenvalue weighted by Gasteiger charge is 2.40. The van der Waals surface area contributed by atoms with Gasteiger partial charge in [-0.3, -0.25) is 4.40 Å². The molecule has 0 bridgehead atoms. The van der Waals surface area contributed by atoms with Gasteiger partial charge in [-0.05, 0) is 50.5 Å². The van der Waals surface area contributed by atoms with Gasteiger partial charge in [-0.1, -0.05) is 11.3 Å². The number of anilines is 1. The summed E-state index contributed by atoms with van der Waals surface area (Å²) in [5, 5.41) is 7.64. The third-order valence-electron chi connectivity index (χ3n) is 7.31. The fourth-order valence-corrected chi connectivity index (χ4v) is 6.70. The predicted molar refractivity (Wildman–Crippen MR) is 126 cm³/mol. The number of pyridine rings is 1. The second-order valence-corrected chi connectivity index (χ2v) is 12.1. The van der Waals surface area contributed by atoms with Crippen molar-refractivity contribution in [1.82, 2.24) is 24.3 Å². The number of nitrogens with one attached hydrogen (secondary N) is 1. The van der Waals surface area contributed by atoms with Gasteiger partial charge in [0.2, 0.25) is 0 Å². The summed E-state index contributed by atoms with van der Waals surface area (Å²) < 4.78 is 50.2.